The highest BCUT2D eigenvalue weighted by atomic mass is 35.5. The molecular formula is C19H14Cl2N4O4. The van der Waals surface area contributed by atoms with Crippen molar-refractivity contribution in [1.29, 1.82) is 0 Å². The van der Waals surface area contributed by atoms with Crippen LogP contribution < -0.4 is 16.0 Å². The molecule has 1 N–H and O–H groups in total. The quantitative estimate of drug-likeness (QED) is 0.685. The summed E-state index contributed by atoms with van der Waals surface area (Å²) in [4.78, 5) is 39.1. The maximum atomic E-state index is 12.2. The number of hydrogen-bond acceptors (Lipinski definition) is 5. The van der Waals surface area contributed by atoms with Crippen molar-refractivity contribution < 1.29 is 9.53 Å². The highest BCUT2D eigenvalue weighted by molar-refractivity contribution is 6.37. The summed E-state index contributed by atoms with van der Waals surface area (Å²) in [6, 6.07) is 8.07. The smallest absolute Gasteiger partial charge is 0.349 e. The van der Waals surface area contributed by atoms with Gasteiger partial charge in [-0.2, -0.15) is 9.78 Å². The van der Waals surface area contributed by atoms with Gasteiger partial charge in [-0.25, -0.2) is 4.79 Å². The molecule has 148 valence electrons. The lowest BCUT2D eigenvalue weighted by atomic mass is 9.99. The fraction of sp³-hybridized carbons (Fsp3) is 0.158. The fourth-order valence-corrected chi connectivity index (χ4v) is 3.62. The summed E-state index contributed by atoms with van der Waals surface area (Å²) < 4.78 is 6.82. The molecule has 0 unspecified atom stereocenters. The molecule has 29 heavy (non-hydrogen) atoms. The second kappa shape index (κ2) is 7.38. The lowest BCUT2D eigenvalue weighted by Crippen LogP contribution is -2.34. The number of fused-ring (bicyclic) bond motifs is 1. The standard InChI is InChI=1S/C19H14Cl2N4O4/c1-24-5-4-10-6-12(2-3-13(10)18(24)27)29-17-14(20)7-11(8-15(17)21)25-19(28)23-16(26)9-22-25/h2-3,6-9H,4-5H2,1H3,(H,23,26,28). The van der Waals surface area contributed by atoms with E-state index in [-0.39, 0.29) is 27.4 Å². The Morgan fingerprint density at radius 2 is 1.83 bits per heavy atom. The Morgan fingerprint density at radius 3 is 2.52 bits per heavy atom. The number of nitrogens with zero attached hydrogens (tertiary/aromatic N) is 3. The van der Waals surface area contributed by atoms with Crippen molar-refractivity contribution in [3.63, 3.8) is 0 Å². The monoisotopic (exact) mass is 432 g/mol. The zero-order chi connectivity index (χ0) is 20.7. The molecular weight excluding hydrogens is 419 g/mol. The van der Waals surface area contributed by atoms with Crippen LogP contribution in [0.25, 0.3) is 5.69 Å². The highest BCUT2D eigenvalue weighted by Crippen LogP contribution is 2.38. The average molecular weight is 433 g/mol. The van der Waals surface area contributed by atoms with Crippen molar-refractivity contribution in [2.45, 2.75) is 6.42 Å². The van der Waals surface area contributed by atoms with E-state index >= 15 is 0 Å². The number of hydrogen-bond donors (Lipinski definition) is 1. The van der Waals surface area contributed by atoms with Gasteiger partial charge in [-0.15, -0.1) is 0 Å². The number of ether oxygens (including phenoxy) is 1. The van der Waals surface area contributed by atoms with Crippen molar-refractivity contribution >= 4 is 29.1 Å². The van der Waals surface area contributed by atoms with Gasteiger partial charge in [0, 0.05) is 19.2 Å². The first-order valence-corrected chi connectivity index (χ1v) is 9.33. The van der Waals surface area contributed by atoms with Crippen LogP contribution in [0.1, 0.15) is 15.9 Å². The number of benzene rings is 2. The van der Waals surface area contributed by atoms with E-state index in [1.165, 1.54) is 12.1 Å². The van der Waals surface area contributed by atoms with Crippen LogP contribution >= 0.6 is 23.2 Å². The SMILES string of the molecule is CN1CCc2cc(Oc3c(Cl)cc(-n4ncc(=O)[nH]c4=O)cc3Cl)ccc2C1=O. The Labute approximate surface area is 174 Å². The fourth-order valence-electron chi connectivity index (χ4n) is 3.07. The molecule has 0 bridgehead atoms. The van der Waals surface area contributed by atoms with Gasteiger partial charge >= 0.3 is 5.69 Å². The lowest BCUT2D eigenvalue weighted by molar-refractivity contribution is 0.0781. The van der Waals surface area contributed by atoms with Crippen LogP contribution in [0.2, 0.25) is 10.0 Å². The van der Waals surface area contributed by atoms with Crippen LogP contribution in [0.5, 0.6) is 11.5 Å². The van der Waals surface area contributed by atoms with Gasteiger partial charge in [0.25, 0.3) is 11.5 Å². The normalized spacial score (nSPS) is 13.3. The van der Waals surface area contributed by atoms with Gasteiger partial charge in [0.1, 0.15) is 11.9 Å². The molecule has 0 saturated heterocycles. The molecule has 1 aliphatic heterocycles. The van der Waals surface area contributed by atoms with Gasteiger partial charge in [0.05, 0.1) is 15.7 Å². The number of carbonyl (C=O) groups excluding carboxylic acids is 1. The first-order chi connectivity index (χ1) is 13.8. The van der Waals surface area contributed by atoms with E-state index in [0.29, 0.717) is 17.9 Å². The summed E-state index contributed by atoms with van der Waals surface area (Å²) >= 11 is 12.6. The van der Waals surface area contributed by atoms with E-state index in [1.807, 2.05) is 0 Å². The Hall–Kier alpha value is -3.10. The Balaban J connectivity index is 1.67. The largest absolute Gasteiger partial charge is 0.454 e. The van der Waals surface area contributed by atoms with Crippen molar-refractivity contribution in [2.75, 3.05) is 13.6 Å². The lowest BCUT2D eigenvalue weighted by Gasteiger charge is -2.25. The molecule has 3 aromatic rings. The topological polar surface area (TPSA) is 97.3 Å². The number of amides is 1. The molecule has 10 heteroatoms. The Bertz CT molecular complexity index is 1230. The van der Waals surface area contributed by atoms with E-state index in [1.54, 1.807) is 30.1 Å². The number of likely N-dealkylation sites (N-methyl/N-ethyl adjacent to an activating group) is 1. The highest BCUT2D eigenvalue weighted by Gasteiger charge is 2.22. The van der Waals surface area contributed by atoms with Gasteiger partial charge < -0.3 is 9.64 Å². The molecule has 1 amide bonds. The third-order valence-electron chi connectivity index (χ3n) is 4.53. The number of rotatable bonds is 3. The second-order valence-corrected chi connectivity index (χ2v) is 7.30. The van der Waals surface area contributed by atoms with E-state index in [9.17, 15) is 14.4 Å². The number of aromatic nitrogens is 3. The van der Waals surface area contributed by atoms with Crippen molar-refractivity contribution in [3.8, 4) is 17.2 Å². The predicted molar refractivity (Wildman–Crippen MR) is 108 cm³/mol. The zero-order valence-corrected chi connectivity index (χ0v) is 16.6. The van der Waals surface area contributed by atoms with Crippen molar-refractivity contribution in [1.82, 2.24) is 19.7 Å². The Kier molecular flexibility index (Phi) is 4.89. The third-order valence-corrected chi connectivity index (χ3v) is 5.09. The molecule has 1 aromatic heterocycles. The van der Waals surface area contributed by atoms with Crippen LogP contribution in [-0.4, -0.2) is 39.2 Å². The zero-order valence-electron chi connectivity index (χ0n) is 15.1. The van der Waals surface area contributed by atoms with Crippen LogP contribution in [-0.2, 0) is 6.42 Å². The first-order valence-electron chi connectivity index (χ1n) is 8.58. The molecule has 1 aliphatic rings. The summed E-state index contributed by atoms with van der Waals surface area (Å²) in [5.41, 5.74) is 0.469. The van der Waals surface area contributed by atoms with Gasteiger partial charge in [-0.3, -0.25) is 14.6 Å². The molecule has 2 heterocycles. The molecule has 0 spiro atoms. The average Bonchev–Trinajstić information content (AvgIpc) is 2.67. The molecule has 0 radical (unpaired) electrons. The van der Waals surface area contributed by atoms with Gasteiger partial charge in [-0.05, 0) is 42.3 Å². The van der Waals surface area contributed by atoms with E-state index in [0.717, 1.165) is 22.9 Å². The van der Waals surface area contributed by atoms with Crippen LogP contribution in [0.15, 0.2) is 46.1 Å². The van der Waals surface area contributed by atoms with Crippen molar-refractivity contribution in [3.05, 3.63) is 78.5 Å². The summed E-state index contributed by atoms with van der Waals surface area (Å²) in [5, 5.41) is 4.08. The summed E-state index contributed by atoms with van der Waals surface area (Å²) in [6.45, 7) is 0.631. The van der Waals surface area contributed by atoms with Crippen LogP contribution in [0.3, 0.4) is 0 Å². The van der Waals surface area contributed by atoms with E-state index < -0.39 is 11.2 Å². The van der Waals surface area contributed by atoms with E-state index in [2.05, 4.69) is 10.1 Å². The molecule has 0 saturated carbocycles. The summed E-state index contributed by atoms with van der Waals surface area (Å²) in [5.74, 6) is 0.655. The van der Waals surface area contributed by atoms with E-state index in [4.69, 9.17) is 27.9 Å². The molecule has 2 aromatic carbocycles. The first kappa shape index (κ1) is 19.2. The Morgan fingerprint density at radius 1 is 1.10 bits per heavy atom. The summed E-state index contributed by atoms with van der Waals surface area (Å²) in [7, 11) is 1.76. The van der Waals surface area contributed by atoms with Crippen LogP contribution in [0, 0.1) is 0 Å². The number of carbonyl (C=O) groups is 1. The minimum atomic E-state index is -0.720. The molecule has 4 rings (SSSR count). The van der Waals surface area contributed by atoms with Gasteiger partial charge in [-0.1, -0.05) is 23.2 Å². The maximum Gasteiger partial charge on any atom is 0.349 e. The molecule has 0 atom stereocenters. The minimum absolute atomic E-state index is 0.0305. The predicted octanol–water partition coefficient (Wildman–Crippen LogP) is 2.65. The third kappa shape index (κ3) is 3.64. The van der Waals surface area contributed by atoms with Gasteiger partial charge in [0.15, 0.2) is 5.75 Å². The molecule has 0 aliphatic carbocycles. The van der Waals surface area contributed by atoms with Gasteiger partial charge in [0.2, 0.25) is 0 Å². The molecule has 0 fully saturated rings. The molecule has 8 nitrogen and oxygen atoms in total. The number of H-pyrrole nitrogens is 1. The minimum Gasteiger partial charge on any atom is -0.454 e. The number of aromatic amines is 1. The number of nitrogens with one attached hydrogen (secondary N) is 1. The second-order valence-electron chi connectivity index (χ2n) is 6.49. The maximum absolute atomic E-state index is 12.2. The van der Waals surface area contributed by atoms with Crippen molar-refractivity contribution in [2.24, 2.45) is 0 Å². The van der Waals surface area contributed by atoms with Crippen LogP contribution in [0.4, 0.5) is 0 Å². The number of halogens is 2. The summed E-state index contributed by atoms with van der Waals surface area (Å²) in [6.07, 6.45) is 1.69.